The van der Waals surface area contributed by atoms with Crippen LogP contribution in [0.2, 0.25) is 0 Å². The Morgan fingerprint density at radius 1 is 1.33 bits per heavy atom. The fourth-order valence-corrected chi connectivity index (χ4v) is 0.924. The summed E-state index contributed by atoms with van der Waals surface area (Å²) in [5.41, 5.74) is 5.33. The number of hydrogen-bond acceptors (Lipinski definition) is 2. The molecule has 2 nitrogen and oxygen atoms in total. The van der Waals surface area contributed by atoms with Gasteiger partial charge in [-0.25, -0.2) is 0 Å². The number of ether oxygens (including phenoxy) is 1. The Labute approximate surface area is 80.5 Å². The molecule has 0 bridgehead atoms. The van der Waals surface area contributed by atoms with Crippen molar-refractivity contribution in [3.05, 3.63) is 0 Å². The molecule has 0 aliphatic carbocycles. The molecule has 0 unspecified atom stereocenters. The fraction of sp³-hybridized carbons (Fsp3) is 0.889. The summed E-state index contributed by atoms with van der Waals surface area (Å²) in [4.78, 5) is 0.603. The normalized spacial score (nSPS) is 11.6. The number of thiocarbonyl (C=S) groups is 1. The van der Waals surface area contributed by atoms with Crippen LogP contribution in [0.25, 0.3) is 0 Å². The molecule has 0 aromatic heterocycles. The highest BCUT2D eigenvalue weighted by molar-refractivity contribution is 7.80. The largest absolute Gasteiger partial charge is 0.393 e. The highest BCUT2D eigenvalue weighted by atomic mass is 32.1. The van der Waals surface area contributed by atoms with Crippen molar-refractivity contribution in [3.8, 4) is 0 Å². The van der Waals surface area contributed by atoms with E-state index in [1.54, 1.807) is 0 Å². The van der Waals surface area contributed by atoms with Crippen LogP contribution < -0.4 is 5.73 Å². The van der Waals surface area contributed by atoms with Gasteiger partial charge >= 0.3 is 0 Å². The minimum atomic E-state index is -0.0246. The third-order valence-electron chi connectivity index (χ3n) is 1.35. The maximum Gasteiger partial charge on any atom is 0.0727 e. The first-order valence-electron chi connectivity index (χ1n) is 4.34. The van der Waals surface area contributed by atoms with E-state index in [0.717, 1.165) is 25.9 Å². The van der Waals surface area contributed by atoms with E-state index in [0.29, 0.717) is 4.99 Å². The van der Waals surface area contributed by atoms with Crippen molar-refractivity contribution < 1.29 is 4.74 Å². The Balaban J connectivity index is 3.17. The molecule has 0 amide bonds. The molecule has 0 fully saturated rings. The van der Waals surface area contributed by atoms with Gasteiger partial charge < -0.3 is 10.5 Å². The molecule has 2 N–H and O–H groups in total. The van der Waals surface area contributed by atoms with E-state index in [1.807, 2.05) is 0 Å². The monoisotopic (exact) mass is 189 g/mol. The lowest BCUT2D eigenvalue weighted by Gasteiger charge is -2.19. The van der Waals surface area contributed by atoms with Crippen LogP contribution in [-0.4, -0.2) is 17.2 Å². The van der Waals surface area contributed by atoms with E-state index in [9.17, 15) is 0 Å². The van der Waals surface area contributed by atoms with Gasteiger partial charge in [0.1, 0.15) is 0 Å². The molecule has 0 spiro atoms. The Kier molecular flexibility index (Phi) is 5.42. The zero-order valence-corrected chi connectivity index (χ0v) is 9.04. The summed E-state index contributed by atoms with van der Waals surface area (Å²) in [6.07, 6.45) is 2.91. The Morgan fingerprint density at radius 3 is 2.33 bits per heavy atom. The first kappa shape index (κ1) is 11.8. The lowest BCUT2D eigenvalue weighted by molar-refractivity contribution is -0.00437. The van der Waals surface area contributed by atoms with Crippen molar-refractivity contribution in [2.45, 2.75) is 45.6 Å². The van der Waals surface area contributed by atoms with Gasteiger partial charge in [0.2, 0.25) is 0 Å². The van der Waals surface area contributed by atoms with Gasteiger partial charge in [-0.2, -0.15) is 0 Å². The predicted molar refractivity (Wildman–Crippen MR) is 56.3 cm³/mol. The van der Waals surface area contributed by atoms with Crippen LogP contribution in [-0.2, 0) is 4.74 Å². The minimum Gasteiger partial charge on any atom is -0.393 e. The summed E-state index contributed by atoms with van der Waals surface area (Å²) in [6.45, 7) is 6.97. The summed E-state index contributed by atoms with van der Waals surface area (Å²) in [5.74, 6) is 0. The maximum absolute atomic E-state index is 5.53. The van der Waals surface area contributed by atoms with Crippen molar-refractivity contribution in [2.75, 3.05) is 6.61 Å². The lowest BCUT2D eigenvalue weighted by Crippen LogP contribution is -2.19. The molecule has 0 rings (SSSR count). The van der Waals surface area contributed by atoms with Crippen LogP contribution >= 0.6 is 12.2 Å². The Morgan fingerprint density at radius 2 is 1.92 bits per heavy atom. The summed E-state index contributed by atoms with van der Waals surface area (Å²) in [7, 11) is 0. The number of unbranched alkanes of at least 4 members (excludes halogenated alkanes) is 1. The van der Waals surface area contributed by atoms with Crippen LogP contribution in [0.5, 0.6) is 0 Å². The van der Waals surface area contributed by atoms with Crippen molar-refractivity contribution in [2.24, 2.45) is 5.73 Å². The van der Waals surface area contributed by atoms with Crippen LogP contribution in [0.4, 0.5) is 0 Å². The van der Waals surface area contributed by atoms with Crippen molar-refractivity contribution >= 4 is 17.2 Å². The quantitative estimate of drug-likeness (QED) is 0.532. The van der Waals surface area contributed by atoms with E-state index >= 15 is 0 Å². The van der Waals surface area contributed by atoms with Crippen LogP contribution in [0.1, 0.15) is 40.0 Å². The summed E-state index contributed by atoms with van der Waals surface area (Å²) in [6, 6.07) is 0. The molecule has 0 radical (unpaired) electrons. The van der Waals surface area contributed by atoms with Crippen LogP contribution in [0.15, 0.2) is 0 Å². The van der Waals surface area contributed by atoms with Gasteiger partial charge in [-0.3, -0.25) is 0 Å². The van der Waals surface area contributed by atoms with Gasteiger partial charge in [0.05, 0.1) is 10.6 Å². The topological polar surface area (TPSA) is 35.2 Å². The molecule has 0 saturated carbocycles. The molecule has 3 heteroatoms. The molecular formula is C9H19NOS. The van der Waals surface area contributed by atoms with E-state index in [2.05, 4.69) is 20.8 Å². The van der Waals surface area contributed by atoms with Gasteiger partial charge in [-0.05, 0) is 40.0 Å². The van der Waals surface area contributed by atoms with Crippen LogP contribution in [0, 0.1) is 0 Å². The molecule has 0 aliphatic heterocycles. The Hall–Kier alpha value is -0.150. The van der Waals surface area contributed by atoms with E-state index in [1.165, 1.54) is 0 Å². The first-order chi connectivity index (χ1) is 5.42. The van der Waals surface area contributed by atoms with Gasteiger partial charge in [-0.15, -0.1) is 0 Å². The van der Waals surface area contributed by atoms with E-state index < -0.39 is 0 Å². The van der Waals surface area contributed by atoms with Gasteiger partial charge in [0.15, 0.2) is 0 Å². The average Bonchev–Trinajstić information content (AvgIpc) is 1.83. The van der Waals surface area contributed by atoms with Crippen molar-refractivity contribution in [1.29, 1.82) is 0 Å². The first-order valence-corrected chi connectivity index (χ1v) is 4.75. The third-order valence-corrected chi connectivity index (χ3v) is 1.56. The predicted octanol–water partition coefficient (Wildman–Crippen LogP) is 2.26. The van der Waals surface area contributed by atoms with E-state index in [-0.39, 0.29) is 5.60 Å². The number of rotatable bonds is 5. The second-order valence-electron chi connectivity index (χ2n) is 3.88. The SMILES string of the molecule is CC(C)(C)OCCCCC(N)=S. The molecule has 0 aliphatic rings. The molecule has 72 valence electrons. The van der Waals surface area contributed by atoms with Gasteiger partial charge in [0.25, 0.3) is 0 Å². The molecule has 0 atom stereocenters. The van der Waals surface area contributed by atoms with Gasteiger partial charge in [0, 0.05) is 6.61 Å². The average molecular weight is 189 g/mol. The molecule has 0 aromatic rings. The summed E-state index contributed by atoms with van der Waals surface area (Å²) < 4.78 is 5.53. The van der Waals surface area contributed by atoms with Crippen molar-refractivity contribution in [1.82, 2.24) is 0 Å². The second kappa shape index (κ2) is 5.49. The number of hydrogen-bond donors (Lipinski definition) is 1. The minimum absolute atomic E-state index is 0.0246. The molecular weight excluding hydrogens is 170 g/mol. The molecule has 0 heterocycles. The number of nitrogens with two attached hydrogens (primary N) is 1. The molecule has 0 aromatic carbocycles. The van der Waals surface area contributed by atoms with E-state index in [4.69, 9.17) is 22.7 Å². The fourth-order valence-electron chi connectivity index (χ4n) is 0.780. The van der Waals surface area contributed by atoms with Crippen LogP contribution in [0.3, 0.4) is 0 Å². The standard InChI is InChI=1S/C9H19NOS/c1-9(2,3)11-7-5-4-6-8(10)12/h4-7H2,1-3H3,(H2,10,12). The third kappa shape index (κ3) is 9.85. The molecule has 12 heavy (non-hydrogen) atoms. The smallest absolute Gasteiger partial charge is 0.0727 e. The lowest BCUT2D eigenvalue weighted by atomic mass is 10.2. The zero-order valence-electron chi connectivity index (χ0n) is 8.22. The second-order valence-corrected chi connectivity index (χ2v) is 4.41. The highest BCUT2D eigenvalue weighted by Crippen LogP contribution is 2.08. The van der Waals surface area contributed by atoms with Gasteiger partial charge in [-0.1, -0.05) is 12.2 Å². The maximum atomic E-state index is 5.53. The van der Waals surface area contributed by atoms with Crippen molar-refractivity contribution in [3.63, 3.8) is 0 Å². The Bertz CT molecular complexity index is 140. The molecule has 0 saturated heterocycles. The summed E-state index contributed by atoms with van der Waals surface area (Å²) in [5, 5.41) is 0. The summed E-state index contributed by atoms with van der Waals surface area (Å²) >= 11 is 4.76. The zero-order chi connectivity index (χ0) is 9.61. The highest BCUT2D eigenvalue weighted by Gasteiger charge is 2.08.